The predicted octanol–water partition coefficient (Wildman–Crippen LogP) is -0.769. The maximum Gasteiger partial charge on any atom is 0.267 e. The second-order valence-corrected chi connectivity index (χ2v) is 8.04. The van der Waals surface area contributed by atoms with E-state index in [4.69, 9.17) is 9.72 Å². The number of aromatic nitrogens is 2. The molecule has 0 bridgehead atoms. The molecule has 162 valence electrons. The maximum atomic E-state index is 13.3. The third kappa shape index (κ3) is 4.60. The van der Waals surface area contributed by atoms with Gasteiger partial charge in [0, 0.05) is 19.3 Å². The Labute approximate surface area is 180 Å². The molecule has 1 atom stereocenters. The van der Waals surface area contributed by atoms with Gasteiger partial charge in [0.05, 0.1) is 44.9 Å². The molecule has 2 aromatic rings. The van der Waals surface area contributed by atoms with Gasteiger partial charge in [0.2, 0.25) is 0 Å². The van der Waals surface area contributed by atoms with E-state index >= 15 is 0 Å². The summed E-state index contributed by atoms with van der Waals surface area (Å²) in [5.41, 5.74) is 0.375. The van der Waals surface area contributed by atoms with E-state index in [1.165, 1.54) is 15.4 Å². The summed E-state index contributed by atoms with van der Waals surface area (Å²) >= 11 is 0. The van der Waals surface area contributed by atoms with Gasteiger partial charge in [0.25, 0.3) is 11.5 Å². The summed E-state index contributed by atoms with van der Waals surface area (Å²) in [4.78, 5) is 34.1. The minimum Gasteiger partial charge on any atom is -0.376 e. The Morgan fingerprint density at radius 1 is 1.42 bits per heavy atom. The number of pyridine rings is 1. The Hall–Kier alpha value is -3.22. The molecule has 0 spiro atoms. The molecule has 2 N–H and O–H groups in total. The van der Waals surface area contributed by atoms with Gasteiger partial charge >= 0.3 is 0 Å². The summed E-state index contributed by atoms with van der Waals surface area (Å²) in [5, 5.41) is 12.4. The zero-order valence-electron chi connectivity index (χ0n) is 17.6. The van der Waals surface area contributed by atoms with Crippen molar-refractivity contribution in [3.8, 4) is 6.07 Å². The molecule has 4 rings (SSSR count). The largest absolute Gasteiger partial charge is 0.376 e. The van der Waals surface area contributed by atoms with Crippen LogP contribution in [0.2, 0.25) is 0 Å². The Morgan fingerprint density at radius 3 is 2.94 bits per heavy atom. The average molecular weight is 423 g/mol. The molecule has 0 saturated carbocycles. The summed E-state index contributed by atoms with van der Waals surface area (Å²) < 4.78 is 6.96. The number of amides is 1. The van der Waals surface area contributed by atoms with E-state index < -0.39 is 5.91 Å². The minimum absolute atomic E-state index is 0.0275. The molecule has 0 unspecified atom stereocenters. The van der Waals surface area contributed by atoms with E-state index in [2.05, 4.69) is 17.3 Å². The number of piperazine rings is 1. The van der Waals surface area contributed by atoms with Crippen LogP contribution in [0.1, 0.15) is 18.4 Å². The number of carbonyl (C=O) groups is 1. The van der Waals surface area contributed by atoms with Crippen molar-refractivity contribution in [2.24, 2.45) is 0 Å². The molecule has 9 nitrogen and oxygen atoms in total. The van der Waals surface area contributed by atoms with Crippen LogP contribution in [0.4, 0.5) is 5.82 Å². The highest BCUT2D eigenvalue weighted by molar-refractivity contribution is 6.02. The molecule has 0 aromatic carbocycles. The fourth-order valence-corrected chi connectivity index (χ4v) is 3.96. The fraction of sp³-hybridized carbons (Fsp3) is 0.455. The van der Waals surface area contributed by atoms with E-state index in [1.807, 2.05) is 12.1 Å². The topological polar surface area (TPSA) is 104 Å². The number of ether oxygens (including phenoxy) is 1. The standard InChI is InChI=1S/C22H26N6O3/c1-26-8-10-27(11-9-26)20-18(22(30)28-7-3-2-6-19(28)25-20)13-16(14-23)21(29)24-15-17-5-4-12-31-17/h2-3,6-7,13,17H,4-5,8-12,15H2,1H3,(H,24,29)/p+1/b16-13+/t17-/m1/s1. The number of anilines is 1. The molecule has 0 radical (unpaired) electrons. The zero-order chi connectivity index (χ0) is 21.8. The van der Waals surface area contributed by atoms with E-state index in [9.17, 15) is 14.9 Å². The van der Waals surface area contributed by atoms with Gasteiger partial charge in [0.15, 0.2) is 0 Å². The van der Waals surface area contributed by atoms with Gasteiger partial charge in [-0.3, -0.25) is 14.0 Å². The van der Waals surface area contributed by atoms with Crippen LogP contribution in [0.15, 0.2) is 34.8 Å². The summed E-state index contributed by atoms with van der Waals surface area (Å²) in [6.07, 6.45) is 4.85. The summed E-state index contributed by atoms with van der Waals surface area (Å²) in [5.74, 6) is 0.00714. The predicted molar refractivity (Wildman–Crippen MR) is 116 cm³/mol. The number of hydrogen-bond donors (Lipinski definition) is 2. The molecule has 2 aliphatic rings. The van der Waals surface area contributed by atoms with Crippen LogP contribution in [0, 0.1) is 11.3 Å². The lowest BCUT2D eigenvalue weighted by atomic mass is 10.1. The van der Waals surface area contributed by atoms with E-state index in [1.54, 1.807) is 18.3 Å². The zero-order valence-corrected chi connectivity index (χ0v) is 17.6. The van der Waals surface area contributed by atoms with Gasteiger partial charge in [0.1, 0.15) is 23.1 Å². The first-order chi connectivity index (χ1) is 15.1. The SMILES string of the molecule is C[NH+]1CCN(c2nc3ccccn3c(=O)c2/C=C(\C#N)C(=O)NC[C@H]2CCCO2)CC1. The molecule has 2 aromatic heterocycles. The van der Waals surface area contributed by atoms with Crippen molar-refractivity contribution in [2.75, 3.05) is 51.3 Å². The first kappa shape index (κ1) is 21.0. The molecule has 2 saturated heterocycles. The van der Waals surface area contributed by atoms with E-state index in [0.717, 1.165) is 39.0 Å². The number of hydrogen-bond acceptors (Lipinski definition) is 6. The summed E-state index contributed by atoms with van der Waals surface area (Å²) in [7, 11) is 2.13. The van der Waals surface area contributed by atoms with Crippen molar-refractivity contribution in [3.63, 3.8) is 0 Å². The van der Waals surface area contributed by atoms with Crippen molar-refractivity contribution in [1.29, 1.82) is 5.26 Å². The highest BCUT2D eigenvalue weighted by Gasteiger charge is 2.24. The monoisotopic (exact) mass is 423 g/mol. The third-order valence-corrected chi connectivity index (χ3v) is 5.83. The van der Waals surface area contributed by atoms with Crippen molar-refractivity contribution in [3.05, 3.63) is 45.9 Å². The fourth-order valence-electron chi connectivity index (χ4n) is 3.96. The van der Waals surface area contributed by atoms with Gasteiger partial charge in [-0.05, 0) is 31.1 Å². The number of likely N-dealkylation sites (N-methyl/N-ethyl adjacent to an activating group) is 1. The lowest BCUT2D eigenvalue weighted by molar-refractivity contribution is -0.880. The molecule has 2 fully saturated rings. The van der Waals surface area contributed by atoms with Crippen molar-refractivity contribution >= 4 is 23.4 Å². The third-order valence-electron chi connectivity index (χ3n) is 5.83. The first-order valence-electron chi connectivity index (χ1n) is 10.7. The molecule has 4 heterocycles. The highest BCUT2D eigenvalue weighted by atomic mass is 16.5. The van der Waals surface area contributed by atoms with Crippen LogP contribution in [0.3, 0.4) is 0 Å². The number of rotatable bonds is 5. The number of carbonyl (C=O) groups excluding carboxylic acids is 1. The van der Waals surface area contributed by atoms with Crippen LogP contribution < -0.4 is 20.7 Å². The van der Waals surface area contributed by atoms with E-state index in [-0.39, 0.29) is 22.8 Å². The first-order valence-corrected chi connectivity index (χ1v) is 10.7. The Kier molecular flexibility index (Phi) is 6.30. The van der Waals surface area contributed by atoms with E-state index in [0.29, 0.717) is 24.6 Å². The highest BCUT2D eigenvalue weighted by Crippen LogP contribution is 2.19. The van der Waals surface area contributed by atoms with Gasteiger partial charge in [-0.2, -0.15) is 5.26 Å². The summed E-state index contributed by atoms with van der Waals surface area (Å²) in [6.45, 7) is 4.38. The van der Waals surface area contributed by atoms with Gasteiger partial charge < -0.3 is 19.9 Å². The molecule has 2 aliphatic heterocycles. The number of fused-ring (bicyclic) bond motifs is 1. The molecule has 1 amide bonds. The van der Waals surface area contributed by atoms with Crippen molar-refractivity contribution in [1.82, 2.24) is 14.7 Å². The van der Waals surface area contributed by atoms with Crippen LogP contribution >= 0.6 is 0 Å². The van der Waals surface area contributed by atoms with Crippen molar-refractivity contribution < 1.29 is 14.4 Å². The lowest BCUT2D eigenvalue weighted by Gasteiger charge is -2.31. The number of nitriles is 1. The normalized spacial score (nSPS) is 20.1. The lowest BCUT2D eigenvalue weighted by Crippen LogP contribution is -3.12. The Balaban J connectivity index is 1.70. The number of nitrogens with zero attached hydrogens (tertiary/aromatic N) is 4. The van der Waals surface area contributed by atoms with Gasteiger partial charge in [-0.25, -0.2) is 4.98 Å². The maximum absolute atomic E-state index is 13.3. The molecular weight excluding hydrogens is 396 g/mol. The number of nitrogens with one attached hydrogen (secondary N) is 2. The van der Waals surface area contributed by atoms with Crippen LogP contribution in [-0.2, 0) is 9.53 Å². The van der Waals surface area contributed by atoms with Gasteiger partial charge in [-0.15, -0.1) is 0 Å². The average Bonchev–Trinajstić information content (AvgIpc) is 3.31. The minimum atomic E-state index is -0.510. The molecule has 9 heteroatoms. The second kappa shape index (κ2) is 9.29. The summed E-state index contributed by atoms with van der Waals surface area (Å²) in [6, 6.07) is 7.30. The smallest absolute Gasteiger partial charge is 0.267 e. The molecule has 31 heavy (non-hydrogen) atoms. The van der Waals surface area contributed by atoms with Crippen LogP contribution in [-0.4, -0.2) is 67.8 Å². The quantitative estimate of drug-likeness (QED) is 0.484. The van der Waals surface area contributed by atoms with Gasteiger partial charge in [-0.1, -0.05) is 6.07 Å². The van der Waals surface area contributed by atoms with Crippen LogP contribution in [0.5, 0.6) is 0 Å². The van der Waals surface area contributed by atoms with Crippen molar-refractivity contribution in [2.45, 2.75) is 18.9 Å². The molecular formula is C22H27N6O3+. The Morgan fingerprint density at radius 2 is 2.23 bits per heavy atom. The second-order valence-electron chi connectivity index (χ2n) is 8.04. The Bertz CT molecular complexity index is 1090. The number of quaternary nitrogens is 1. The van der Waals surface area contributed by atoms with Crippen LogP contribution in [0.25, 0.3) is 11.7 Å². The molecule has 0 aliphatic carbocycles.